The molecule has 3 nitrogen and oxygen atoms in total. The summed E-state index contributed by atoms with van der Waals surface area (Å²) in [5, 5.41) is 2.84. The first-order chi connectivity index (χ1) is 9.39. The van der Waals surface area contributed by atoms with Gasteiger partial charge in [0.05, 0.1) is 5.51 Å². The van der Waals surface area contributed by atoms with Crippen molar-refractivity contribution in [2.75, 3.05) is 0 Å². The SMILES string of the molecule is O=C(NCc1ccccc1Cl)c1scnc1C(F)(F)F. The smallest absolute Gasteiger partial charge is 0.347 e. The summed E-state index contributed by atoms with van der Waals surface area (Å²) in [6, 6.07) is 6.76. The Labute approximate surface area is 121 Å². The Morgan fingerprint density at radius 3 is 2.70 bits per heavy atom. The molecule has 20 heavy (non-hydrogen) atoms. The van der Waals surface area contributed by atoms with Crippen LogP contribution in [0, 0.1) is 0 Å². The third kappa shape index (κ3) is 3.29. The number of hydrogen-bond acceptors (Lipinski definition) is 3. The fourth-order valence-electron chi connectivity index (χ4n) is 1.51. The molecule has 0 saturated carbocycles. The number of thiazole rings is 1. The van der Waals surface area contributed by atoms with Gasteiger partial charge >= 0.3 is 6.18 Å². The van der Waals surface area contributed by atoms with Crippen molar-refractivity contribution in [1.82, 2.24) is 10.3 Å². The van der Waals surface area contributed by atoms with E-state index in [-0.39, 0.29) is 6.54 Å². The van der Waals surface area contributed by atoms with Crippen molar-refractivity contribution in [1.29, 1.82) is 0 Å². The summed E-state index contributed by atoms with van der Waals surface area (Å²) < 4.78 is 37.8. The molecule has 1 aromatic carbocycles. The lowest BCUT2D eigenvalue weighted by Gasteiger charge is -2.08. The third-order valence-corrected chi connectivity index (χ3v) is 3.63. The van der Waals surface area contributed by atoms with Crippen LogP contribution in [0.1, 0.15) is 20.9 Å². The highest BCUT2D eigenvalue weighted by atomic mass is 35.5. The number of nitrogens with one attached hydrogen (secondary N) is 1. The summed E-state index contributed by atoms with van der Waals surface area (Å²) in [4.78, 5) is 14.5. The molecule has 0 spiro atoms. The number of halogens is 4. The molecule has 0 atom stereocenters. The van der Waals surface area contributed by atoms with E-state index >= 15 is 0 Å². The van der Waals surface area contributed by atoms with Crippen LogP contribution in [0.2, 0.25) is 5.02 Å². The van der Waals surface area contributed by atoms with Crippen molar-refractivity contribution in [3.05, 3.63) is 50.9 Å². The zero-order valence-corrected chi connectivity index (χ0v) is 11.4. The highest BCUT2D eigenvalue weighted by Crippen LogP contribution is 2.32. The highest BCUT2D eigenvalue weighted by molar-refractivity contribution is 7.11. The molecule has 1 heterocycles. The van der Waals surface area contributed by atoms with Gasteiger partial charge in [0, 0.05) is 11.6 Å². The van der Waals surface area contributed by atoms with Gasteiger partial charge in [-0.25, -0.2) is 4.98 Å². The van der Waals surface area contributed by atoms with Gasteiger partial charge in [-0.1, -0.05) is 29.8 Å². The van der Waals surface area contributed by atoms with Crippen LogP contribution in [-0.4, -0.2) is 10.9 Å². The lowest BCUT2D eigenvalue weighted by atomic mass is 10.2. The molecule has 0 aliphatic heterocycles. The number of nitrogens with zero attached hydrogens (tertiary/aromatic N) is 1. The second kappa shape index (κ2) is 5.80. The van der Waals surface area contributed by atoms with Crippen molar-refractivity contribution >= 4 is 28.8 Å². The average molecular weight is 321 g/mol. The minimum absolute atomic E-state index is 0.0493. The summed E-state index contributed by atoms with van der Waals surface area (Å²) in [5.74, 6) is -0.820. The fraction of sp³-hybridized carbons (Fsp3) is 0.167. The maximum absolute atomic E-state index is 12.6. The van der Waals surface area contributed by atoms with E-state index in [1.165, 1.54) is 0 Å². The van der Waals surface area contributed by atoms with Crippen molar-refractivity contribution in [2.45, 2.75) is 12.7 Å². The monoisotopic (exact) mass is 320 g/mol. The number of benzene rings is 1. The van der Waals surface area contributed by atoms with Gasteiger partial charge in [-0.3, -0.25) is 4.79 Å². The van der Waals surface area contributed by atoms with E-state index < -0.39 is 22.7 Å². The number of hydrogen-bond donors (Lipinski definition) is 1. The summed E-state index contributed by atoms with van der Waals surface area (Å²) in [7, 11) is 0. The van der Waals surface area contributed by atoms with Gasteiger partial charge < -0.3 is 5.32 Å². The number of amides is 1. The fourth-order valence-corrected chi connectivity index (χ4v) is 2.43. The van der Waals surface area contributed by atoms with E-state index in [0.717, 1.165) is 5.51 Å². The van der Waals surface area contributed by atoms with Gasteiger partial charge in [-0.05, 0) is 11.6 Å². The van der Waals surface area contributed by atoms with Gasteiger partial charge in [0.15, 0.2) is 5.69 Å². The first-order valence-corrected chi connectivity index (χ1v) is 6.67. The first-order valence-electron chi connectivity index (χ1n) is 5.42. The van der Waals surface area contributed by atoms with Crippen LogP contribution in [0.15, 0.2) is 29.8 Å². The third-order valence-electron chi connectivity index (χ3n) is 2.44. The van der Waals surface area contributed by atoms with Gasteiger partial charge in [0.2, 0.25) is 0 Å². The van der Waals surface area contributed by atoms with E-state index in [9.17, 15) is 18.0 Å². The van der Waals surface area contributed by atoms with Crippen molar-refractivity contribution < 1.29 is 18.0 Å². The van der Waals surface area contributed by atoms with E-state index in [4.69, 9.17) is 11.6 Å². The van der Waals surface area contributed by atoms with Crippen LogP contribution in [0.5, 0.6) is 0 Å². The molecule has 1 N–H and O–H groups in total. The molecule has 0 unspecified atom stereocenters. The minimum Gasteiger partial charge on any atom is -0.347 e. The van der Waals surface area contributed by atoms with Gasteiger partial charge in [-0.15, -0.1) is 11.3 Å². The molecular weight excluding hydrogens is 313 g/mol. The van der Waals surface area contributed by atoms with Gasteiger partial charge in [0.1, 0.15) is 4.88 Å². The predicted molar refractivity (Wildman–Crippen MR) is 69.7 cm³/mol. The van der Waals surface area contributed by atoms with Crippen LogP contribution in [0.25, 0.3) is 0 Å². The van der Waals surface area contributed by atoms with E-state index in [1.54, 1.807) is 24.3 Å². The molecule has 106 valence electrons. The Balaban J connectivity index is 2.10. The zero-order valence-electron chi connectivity index (χ0n) is 9.87. The Bertz CT molecular complexity index is 627. The lowest BCUT2D eigenvalue weighted by Crippen LogP contribution is -2.24. The van der Waals surface area contributed by atoms with Crippen molar-refractivity contribution in [3.8, 4) is 0 Å². The molecule has 8 heteroatoms. The lowest BCUT2D eigenvalue weighted by molar-refractivity contribution is -0.141. The summed E-state index contributed by atoms with van der Waals surface area (Å²) in [6.07, 6.45) is -4.64. The zero-order chi connectivity index (χ0) is 14.8. The molecule has 2 aromatic rings. The van der Waals surface area contributed by atoms with E-state index in [1.807, 2.05) is 0 Å². The summed E-state index contributed by atoms with van der Waals surface area (Å²) >= 11 is 6.54. The number of carbonyl (C=O) groups is 1. The Hall–Kier alpha value is -1.60. The Morgan fingerprint density at radius 1 is 1.35 bits per heavy atom. The molecule has 1 aromatic heterocycles. The first kappa shape index (κ1) is 14.8. The second-order valence-electron chi connectivity index (χ2n) is 3.80. The molecule has 0 bridgehead atoms. The molecule has 0 aliphatic carbocycles. The van der Waals surface area contributed by atoms with Crippen LogP contribution in [-0.2, 0) is 12.7 Å². The van der Waals surface area contributed by atoms with Crippen LogP contribution >= 0.6 is 22.9 Å². The Kier molecular flexibility index (Phi) is 4.29. The van der Waals surface area contributed by atoms with Crippen LogP contribution in [0.3, 0.4) is 0 Å². The molecule has 0 fully saturated rings. The number of carbonyl (C=O) groups excluding carboxylic acids is 1. The predicted octanol–water partition coefficient (Wildman–Crippen LogP) is 3.75. The van der Waals surface area contributed by atoms with Crippen LogP contribution in [0.4, 0.5) is 13.2 Å². The molecule has 0 aliphatic rings. The number of alkyl halides is 3. The quantitative estimate of drug-likeness (QED) is 0.936. The van der Waals surface area contributed by atoms with Gasteiger partial charge in [-0.2, -0.15) is 13.2 Å². The largest absolute Gasteiger partial charge is 0.434 e. The topological polar surface area (TPSA) is 42.0 Å². The minimum atomic E-state index is -4.64. The molecule has 0 radical (unpaired) electrons. The van der Waals surface area contributed by atoms with Crippen LogP contribution < -0.4 is 5.32 Å². The molecule has 2 rings (SSSR count). The Morgan fingerprint density at radius 2 is 2.05 bits per heavy atom. The number of aromatic nitrogens is 1. The molecular formula is C12H8ClF3N2OS. The number of rotatable bonds is 3. The standard InChI is InChI=1S/C12H8ClF3N2OS/c13-8-4-2-1-3-7(8)5-17-11(19)9-10(12(14,15)16)18-6-20-9/h1-4,6H,5H2,(H,17,19). The van der Waals surface area contributed by atoms with E-state index in [0.29, 0.717) is 21.9 Å². The second-order valence-corrected chi connectivity index (χ2v) is 5.06. The summed E-state index contributed by atoms with van der Waals surface area (Å²) in [5.41, 5.74) is 0.451. The van der Waals surface area contributed by atoms with Crippen molar-refractivity contribution in [3.63, 3.8) is 0 Å². The average Bonchev–Trinajstić information content (AvgIpc) is 2.86. The highest BCUT2D eigenvalue weighted by Gasteiger charge is 2.38. The molecule has 0 saturated heterocycles. The maximum Gasteiger partial charge on any atom is 0.434 e. The van der Waals surface area contributed by atoms with Crippen molar-refractivity contribution in [2.24, 2.45) is 0 Å². The van der Waals surface area contributed by atoms with E-state index in [2.05, 4.69) is 10.3 Å². The maximum atomic E-state index is 12.6. The normalized spacial score (nSPS) is 11.4. The molecule has 1 amide bonds. The summed E-state index contributed by atoms with van der Waals surface area (Å²) in [6.45, 7) is 0.0493. The van der Waals surface area contributed by atoms with Gasteiger partial charge in [0.25, 0.3) is 5.91 Å².